The van der Waals surface area contributed by atoms with Crippen LogP contribution in [0.1, 0.15) is 13.8 Å². The summed E-state index contributed by atoms with van der Waals surface area (Å²) in [5, 5.41) is 25.7. The third-order valence-electron chi connectivity index (χ3n) is 6.22. The number of nitrogens with zero attached hydrogens (tertiary/aromatic N) is 6. The van der Waals surface area contributed by atoms with Crippen LogP contribution in [0.15, 0.2) is 70.2 Å². The number of hydrogen-bond acceptors (Lipinski definition) is 6. The number of aliphatic imine (C=N–C) groups is 1. The second-order valence-corrected chi connectivity index (χ2v) is 8.65. The highest BCUT2D eigenvalue weighted by atomic mass is 16.5. The van der Waals surface area contributed by atoms with E-state index in [0.717, 1.165) is 26.9 Å². The van der Waals surface area contributed by atoms with E-state index in [9.17, 15) is 10.5 Å². The van der Waals surface area contributed by atoms with Gasteiger partial charge < -0.3 is 24.7 Å². The number of anilines is 2. The number of nitriles is 1. The summed E-state index contributed by atoms with van der Waals surface area (Å²) in [5.74, 6) is 0.737. The van der Waals surface area contributed by atoms with Gasteiger partial charge in [0.05, 0.1) is 17.1 Å². The molecule has 0 radical (unpaired) electrons. The molecule has 1 aliphatic rings. The van der Waals surface area contributed by atoms with Crippen molar-refractivity contribution in [1.82, 2.24) is 9.88 Å². The van der Waals surface area contributed by atoms with Crippen LogP contribution in [0, 0.1) is 22.6 Å². The summed E-state index contributed by atoms with van der Waals surface area (Å²) in [6.45, 7) is 6.26. The topological polar surface area (TPSA) is 108 Å². The summed E-state index contributed by atoms with van der Waals surface area (Å²) < 4.78 is 6.83. The summed E-state index contributed by atoms with van der Waals surface area (Å²) in [4.78, 5) is 13.1. The number of aromatic nitrogens is 2. The third-order valence-corrected chi connectivity index (χ3v) is 6.22. The van der Waals surface area contributed by atoms with Gasteiger partial charge in [-0.25, -0.2) is 0 Å². The zero-order valence-electron chi connectivity index (χ0n) is 19.0. The number of oxazole rings is 1. The Morgan fingerprint density at radius 2 is 2.06 bits per heavy atom. The van der Waals surface area contributed by atoms with Crippen LogP contribution in [0.25, 0.3) is 22.0 Å². The molecule has 2 aromatic carbocycles. The molecule has 0 spiro atoms. The van der Waals surface area contributed by atoms with Crippen LogP contribution in [-0.2, 0) is 0 Å². The number of para-hydroxylation sites is 2. The standard InChI is InChI=1S/C25H25N7O2/c1-17(2)22-15-30(25-29-20-8-3-4-11-23(20)34-25)13-14-31(22)24(27-16-26)28-19-9-5-10-21-18(19)7-6-12-32(21)33/h3-12,17,22H,13-15H2,1-2H3,(H,27,28). The molecule has 5 rings (SSSR count). The molecular formula is C25H25N7O2. The normalized spacial score (nSPS) is 16.9. The molecule has 0 bridgehead atoms. The molecule has 3 heterocycles. The van der Waals surface area contributed by atoms with Crippen LogP contribution in [0.3, 0.4) is 0 Å². The summed E-state index contributed by atoms with van der Waals surface area (Å²) in [6.07, 6.45) is 3.41. The molecule has 1 atom stereocenters. The van der Waals surface area contributed by atoms with Gasteiger partial charge in [-0.2, -0.15) is 15.0 Å². The molecule has 9 heteroatoms. The zero-order valence-corrected chi connectivity index (χ0v) is 19.0. The molecule has 1 N–H and O–H groups in total. The molecule has 9 nitrogen and oxygen atoms in total. The maximum atomic E-state index is 12.2. The van der Waals surface area contributed by atoms with Gasteiger partial charge in [0.1, 0.15) is 5.52 Å². The molecule has 172 valence electrons. The smallest absolute Gasteiger partial charge is 0.298 e. The summed E-state index contributed by atoms with van der Waals surface area (Å²) in [5.41, 5.74) is 2.87. The maximum absolute atomic E-state index is 12.2. The van der Waals surface area contributed by atoms with Crippen LogP contribution in [0.2, 0.25) is 0 Å². The van der Waals surface area contributed by atoms with Crippen LogP contribution in [0.5, 0.6) is 0 Å². The van der Waals surface area contributed by atoms with Crippen molar-refractivity contribution < 1.29 is 9.15 Å². The monoisotopic (exact) mass is 455 g/mol. The van der Waals surface area contributed by atoms with Gasteiger partial charge in [-0.1, -0.05) is 32.0 Å². The van der Waals surface area contributed by atoms with Crippen molar-refractivity contribution in [2.45, 2.75) is 19.9 Å². The number of pyridine rings is 1. The molecule has 1 fully saturated rings. The van der Waals surface area contributed by atoms with Gasteiger partial charge in [-0.05, 0) is 30.2 Å². The Morgan fingerprint density at radius 3 is 2.85 bits per heavy atom. The molecule has 0 saturated carbocycles. The Bertz CT molecular complexity index is 1370. The molecule has 34 heavy (non-hydrogen) atoms. The van der Waals surface area contributed by atoms with Crippen molar-refractivity contribution in [3.63, 3.8) is 0 Å². The summed E-state index contributed by atoms with van der Waals surface area (Å²) >= 11 is 0. The average Bonchev–Trinajstić information content (AvgIpc) is 3.28. The first-order valence-electron chi connectivity index (χ1n) is 11.3. The van der Waals surface area contributed by atoms with Crippen molar-refractivity contribution in [3.8, 4) is 6.19 Å². The molecule has 2 aromatic heterocycles. The largest absolute Gasteiger partial charge is 0.618 e. The van der Waals surface area contributed by atoms with E-state index in [1.807, 2.05) is 48.7 Å². The minimum absolute atomic E-state index is 0.0581. The number of fused-ring (bicyclic) bond motifs is 2. The number of nitrogens with one attached hydrogen (secondary N) is 1. The lowest BCUT2D eigenvalue weighted by Crippen LogP contribution is -2.58. The Labute approximate surface area is 197 Å². The predicted octanol–water partition coefficient (Wildman–Crippen LogP) is 3.71. The quantitative estimate of drug-likeness (QED) is 0.165. The van der Waals surface area contributed by atoms with Crippen LogP contribution in [0.4, 0.5) is 11.7 Å². The zero-order chi connectivity index (χ0) is 23.7. The Hall–Kier alpha value is -4.32. The number of rotatable bonds is 3. The average molecular weight is 456 g/mol. The minimum atomic E-state index is 0.0581. The lowest BCUT2D eigenvalue weighted by atomic mass is 10.00. The van der Waals surface area contributed by atoms with Crippen molar-refractivity contribution >= 4 is 39.7 Å². The summed E-state index contributed by atoms with van der Waals surface area (Å²) in [6, 6.07) is 17.4. The van der Waals surface area contributed by atoms with Gasteiger partial charge in [0.2, 0.25) is 17.7 Å². The maximum Gasteiger partial charge on any atom is 0.298 e. The van der Waals surface area contributed by atoms with E-state index in [1.165, 1.54) is 6.20 Å². The Morgan fingerprint density at radius 1 is 1.21 bits per heavy atom. The Balaban J connectivity index is 1.43. The number of benzene rings is 2. The van der Waals surface area contributed by atoms with Gasteiger partial charge in [-0.15, -0.1) is 4.99 Å². The highest BCUT2D eigenvalue weighted by Gasteiger charge is 2.33. The van der Waals surface area contributed by atoms with E-state index in [2.05, 4.69) is 38.9 Å². The highest BCUT2D eigenvalue weighted by Crippen LogP contribution is 2.27. The van der Waals surface area contributed by atoms with Gasteiger partial charge >= 0.3 is 0 Å². The molecule has 1 unspecified atom stereocenters. The molecule has 0 amide bonds. The fraction of sp³-hybridized carbons (Fsp3) is 0.280. The fourth-order valence-electron chi connectivity index (χ4n) is 4.47. The molecule has 1 saturated heterocycles. The van der Waals surface area contributed by atoms with Crippen LogP contribution >= 0.6 is 0 Å². The Kier molecular flexibility index (Phi) is 5.64. The molecule has 4 aromatic rings. The van der Waals surface area contributed by atoms with Crippen molar-refractivity contribution in [2.75, 3.05) is 29.9 Å². The van der Waals surface area contributed by atoms with Gasteiger partial charge in [0.25, 0.3) is 6.01 Å². The van der Waals surface area contributed by atoms with Gasteiger partial charge in [0, 0.05) is 31.8 Å². The van der Waals surface area contributed by atoms with E-state index >= 15 is 0 Å². The molecule has 0 aliphatic carbocycles. The van der Waals surface area contributed by atoms with Crippen LogP contribution in [-0.4, -0.2) is 41.5 Å². The predicted molar refractivity (Wildman–Crippen MR) is 131 cm³/mol. The lowest BCUT2D eigenvalue weighted by molar-refractivity contribution is -0.577. The second kappa shape index (κ2) is 8.90. The number of guanidine groups is 1. The third kappa shape index (κ3) is 3.94. The van der Waals surface area contributed by atoms with E-state index in [0.29, 0.717) is 37.1 Å². The fourth-order valence-corrected chi connectivity index (χ4v) is 4.47. The van der Waals surface area contributed by atoms with E-state index in [-0.39, 0.29) is 12.0 Å². The minimum Gasteiger partial charge on any atom is -0.618 e. The van der Waals surface area contributed by atoms with Crippen molar-refractivity contribution in [1.29, 1.82) is 5.26 Å². The first kappa shape index (κ1) is 21.5. The lowest BCUT2D eigenvalue weighted by Gasteiger charge is -2.44. The SMILES string of the molecule is CC(C)C1CN(c2nc3ccccc3o2)CCN1/C(=N\C#N)Nc1cccc2c1ccc[n+]2[O-]. The first-order chi connectivity index (χ1) is 16.5. The van der Waals surface area contributed by atoms with Gasteiger partial charge in [0.15, 0.2) is 11.8 Å². The first-order valence-corrected chi connectivity index (χ1v) is 11.3. The van der Waals surface area contributed by atoms with Gasteiger partial charge in [-0.3, -0.25) is 0 Å². The summed E-state index contributed by atoms with van der Waals surface area (Å²) in [7, 11) is 0. The van der Waals surface area contributed by atoms with Crippen molar-refractivity contribution in [2.24, 2.45) is 10.9 Å². The number of piperazine rings is 1. The molecule has 1 aliphatic heterocycles. The van der Waals surface area contributed by atoms with E-state index in [1.54, 1.807) is 12.1 Å². The number of hydrogen-bond donors (Lipinski definition) is 1. The highest BCUT2D eigenvalue weighted by molar-refractivity contribution is 6.02. The van der Waals surface area contributed by atoms with Crippen LogP contribution < -0.4 is 14.9 Å². The van der Waals surface area contributed by atoms with Crippen molar-refractivity contribution in [3.05, 3.63) is 66.0 Å². The van der Waals surface area contributed by atoms with E-state index < -0.39 is 0 Å². The molecular weight excluding hydrogens is 430 g/mol. The second-order valence-electron chi connectivity index (χ2n) is 8.65. The van der Waals surface area contributed by atoms with E-state index in [4.69, 9.17) is 4.42 Å².